The maximum absolute atomic E-state index is 13.5. The second-order valence-corrected chi connectivity index (χ2v) is 11.7. The monoisotopic (exact) mass is 588 g/mol. The summed E-state index contributed by atoms with van der Waals surface area (Å²) in [6.07, 6.45) is 16.5. The van der Waals surface area contributed by atoms with Crippen LogP contribution < -0.4 is 0 Å². The summed E-state index contributed by atoms with van der Waals surface area (Å²) in [6, 6.07) is 14.9. The van der Waals surface area contributed by atoms with Crippen LogP contribution in [0.3, 0.4) is 0 Å². The third kappa shape index (κ3) is 9.94. The van der Waals surface area contributed by atoms with Crippen molar-refractivity contribution in [2.24, 2.45) is 5.41 Å². The van der Waals surface area contributed by atoms with Crippen molar-refractivity contribution in [2.45, 2.75) is 110 Å². The lowest BCUT2D eigenvalue weighted by Gasteiger charge is -2.30. The standard InChI is InChI=1S/C37H48O6/c1-4-6-8-10-11-16-25-37(35(40)43-36(41)42-28(3)18-13-9-7-5-2)26-23-30(24-27-37)32-22-17-21-31(33(32)34(38)39)29-19-14-12-15-20-29/h12,14-15,17,19-24,26,28H,4-11,13,16,18,25,27H2,1-3H3,(H,38,39). The number of benzene rings is 2. The van der Waals surface area contributed by atoms with Crippen molar-refractivity contribution in [3.8, 4) is 11.1 Å². The van der Waals surface area contributed by atoms with Crippen LogP contribution in [-0.2, 0) is 14.3 Å². The molecule has 1 aliphatic carbocycles. The van der Waals surface area contributed by atoms with Crippen molar-refractivity contribution in [2.75, 3.05) is 0 Å². The molecule has 6 heteroatoms. The number of ether oxygens (including phenoxy) is 2. The Morgan fingerprint density at radius 1 is 0.837 bits per heavy atom. The average Bonchev–Trinajstić information content (AvgIpc) is 3.01. The van der Waals surface area contributed by atoms with Gasteiger partial charge >= 0.3 is 18.1 Å². The molecule has 2 unspecified atom stereocenters. The fourth-order valence-corrected chi connectivity index (χ4v) is 5.70. The molecule has 0 aromatic heterocycles. The highest BCUT2D eigenvalue weighted by molar-refractivity contribution is 6.02. The fraction of sp³-hybridized carbons (Fsp3) is 0.486. The Morgan fingerprint density at radius 2 is 1.49 bits per heavy atom. The van der Waals surface area contributed by atoms with E-state index in [4.69, 9.17) is 9.47 Å². The lowest BCUT2D eigenvalue weighted by Crippen LogP contribution is -2.34. The SMILES string of the molecule is CCCCCCCCC1(C(=O)OC(=O)OC(C)CCCCCC)C=CC(c2cccc(-c3ccccc3)c2C(=O)O)=CC1. The zero-order valence-corrected chi connectivity index (χ0v) is 26.1. The summed E-state index contributed by atoms with van der Waals surface area (Å²) < 4.78 is 10.7. The third-order valence-electron chi connectivity index (χ3n) is 8.26. The lowest BCUT2D eigenvalue weighted by molar-refractivity contribution is -0.149. The summed E-state index contributed by atoms with van der Waals surface area (Å²) in [5.41, 5.74) is 1.97. The number of carbonyl (C=O) groups is 3. The molecule has 0 bridgehead atoms. The van der Waals surface area contributed by atoms with Crippen LogP contribution in [0.5, 0.6) is 0 Å². The van der Waals surface area contributed by atoms with Gasteiger partial charge in [0, 0.05) is 0 Å². The van der Waals surface area contributed by atoms with Crippen LogP contribution in [0.15, 0.2) is 66.8 Å². The Kier molecular flexibility index (Phi) is 13.7. The summed E-state index contributed by atoms with van der Waals surface area (Å²) in [6.45, 7) is 6.15. The number of rotatable bonds is 17. The number of carboxylic acids is 1. The molecule has 2 aromatic carbocycles. The molecule has 43 heavy (non-hydrogen) atoms. The second kappa shape index (κ2) is 17.4. The summed E-state index contributed by atoms with van der Waals surface area (Å²) in [4.78, 5) is 38.6. The number of aromatic carboxylic acids is 1. The highest BCUT2D eigenvalue weighted by atomic mass is 16.7. The molecule has 2 aromatic rings. The third-order valence-corrected chi connectivity index (χ3v) is 8.26. The van der Waals surface area contributed by atoms with E-state index in [1.165, 1.54) is 6.42 Å². The summed E-state index contributed by atoms with van der Waals surface area (Å²) >= 11 is 0. The van der Waals surface area contributed by atoms with E-state index in [9.17, 15) is 19.5 Å². The topological polar surface area (TPSA) is 89.9 Å². The van der Waals surface area contributed by atoms with Gasteiger partial charge in [0.15, 0.2) is 0 Å². The van der Waals surface area contributed by atoms with E-state index < -0.39 is 23.5 Å². The van der Waals surface area contributed by atoms with Gasteiger partial charge in [-0.25, -0.2) is 9.59 Å². The molecule has 1 N–H and O–H groups in total. The predicted molar refractivity (Wildman–Crippen MR) is 172 cm³/mol. The first-order chi connectivity index (χ1) is 20.8. The molecule has 0 saturated heterocycles. The average molecular weight is 589 g/mol. The van der Waals surface area contributed by atoms with E-state index in [-0.39, 0.29) is 11.7 Å². The number of carboxylic acid groups (broad SMARTS) is 1. The van der Waals surface area contributed by atoms with E-state index in [0.717, 1.165) is 75.3 Å². The van der Waals surface area contributed by atoms with Crippen LogP contribution in [0.4, 0.5) is 4.79 Å². The Balaban J connectivity index is 1.79. The van der Waals surface area contributed by atoms with Crippen molar-refractivity contribution in [3.63, 3.8) is 0 Å². The summed E-state index contributed by atoms with van der Waals surface area (Å²) in [5, 5.41) is 10.2. The Bertz CT molecular complexity index is 1260. The molecule has 0 saturated carbocycles. The predicted octanol–water partition coefficient (Wildman–Crippen LogP) is 10.2. The molecular weight excluding hydrogens is 540 g/mol. The summed E-state index contributed by atoms with van der Waals surface area (Å²) in [7, 11) is 0. The molecule has 1 aliphatic rings. The Hall–Kier alpha value is -3.67. The van der Waals surface area contributed by atoms with Gasteiger partial charge in [-0.3, -0.25) is 4.79 Å². The molecule has 6 nitrogen and oxygen atoms in total. The lowest BCUT2D eigenvalue weighted by atomic mass is 9.74. The molecular formula is C37H48O6. The molecule has 0 spiro atoms. The van der Waals surface area contributed by atoms with Gasteiger partial charge in [0.2, 0.25) is 0 Å². The maximum atomic E-state index is 13.5. The normalized spacial score (nSPS) is 16.8. The first-order valence-corrected chi connectivity index (χ1v) is 16.1. The van der Waals surface area contributed by atoms with Crippen LogP contribution >= 0.6 is 0 Å². The van der Waals surface area contributed by atoms with Gasteiger partial charge in [-0.2, -0.15) is 0 Å². The molecule has 3 rings (SSSR count). The van der Waals surface area contributed by atoms with Crippen LogP contribution in [-0.4, -0.2) is 29.3 Å². The highest BCUT2D eigenvalue weighted by Gasteiger charge is 2.40. The van der Waals surface area contributed by atoms with Crippen LogP contribution in [0.1, 0.15) is 120 Å². The van der Waals surface area contributed by atoms with Crippen LogP contribution in [0, 0.1) is 5.41 Å². The number of hydrogen-bond acceptors (Lipinski definition) is 5. The number of unbranched alkanes of at least 4 members (excludes halogenated alkanes) is 8. The van der Waals surface area contributed by atoms with E-state index in [1.807, 2.05) is 55.5 Å². The zero-order valence-electron chi connectivity index (χ0n) is 26.1. The molecule has 0 heterocycles. The van der Waals surface area contributed by atoms with E-state index in [0.29, 0.717) is 24.0 Å². The quantitative estimate of drug-likeness (QED) is 0.112. The largest absolute Gasteiger partial charge is 0.516 e. The minimum absolute atomic E-state index is 0.215. The number of allylic oxidation sites excluding steroid dienone is 3. The minimum Gasteiger partial charge on any atom is -0.478 e. The van der Waals surface area contributed by atoms with Crippen molar-refractivity contribution in [3.05, 3.63) is 77.9 Å². The van der Waals surface area contributed by atoms with Gasteiger partial charge in [-0.15, -0.1) is 0 Å². The van der Waals surface area contributed by atoms with E-state index in [2.05, 4.69) is 13.8 Å². The smallest absolute Gasteiger partial charge is 0.478 e. The van der Waals surface area contributed by atoms with E-state index >= 15 is 0 Å². The van der Waals surface area contributed by atoms with Crippen LogP contribution in [0.2, 0.25) is 0 Å². The molecule has 0 radical (unpaired) electrons. The van der Waals surface area contributed by atoms with Crippen molar-refractivity contribution < 1.29 is 29.0 Å². The van der Waals surface area contributed by atoms with Crippen molar-refractivity contribution >= 4 is 23.7 Å². The molecule has 0 amide bonds. The Labute approximate surface area is 257 Å². The second-order valence-electron chi connectivity index (χ2n) is 11.7. The van der Waals surface area contributed by atoms with Crippen molar-refractivity contribution in [1.29, 1.82) is 0 Å². The molecule has 232 valence electrons. The first-order valence-electron chi connectivity index (χ1n) is 16.1. The first kappa shape index (κ1) is 33.8. The number of esters is 1. The highest BCUT2D eigenvalue weighted by Crippen LogP contribution is 2.41. The van der Waals surface area contributed by atoms with Gasteiger partial charge in [0.05, 0.1) is 11.0 Å². The van der Waals surface area contributed by atoms with Gasteiger partial charge in [-0.1, -0.05) is 138 Å². The minimum atomic E-state index is -1.02. The van der Waals surface area contributed by atoms with Gasteiger partial charge < -0.3 is 14.6 Å². The molecule has 0 fully saturated rings. The maximum Gasteiger partial charge on any atom is 0.516 e. The van der Waals surface area contributed by atoms with Crippen LogP contribution in [0.25, 0.3) is 16.7 Å². The Morgan fingerprint density at radius 3 is 2.14 bits per heavy atom. The molecule has 0 aliphatic heterocycles. The fourth-order valence-electron chi connectivity index (χ4n) is 5.70. The van der Waals surface area contributed by atoms with Crippen molar-refractivity contribution in [1.82, 2.24) is 0 Å². The van der Waals surface area contributed by atoms with Gasteiger partial charge in [0.1, 0.15) is 6.10 Å². The zero-order chi connectivity index (χ0) is 31.1. The van der Waals surface area contributed by atoms with E-state index in [1.54, 1.807) is 18.2 Å². The van der Waals surface area contributed by atoms with Gasteiger partial charge in [-0.05, 0) is 54.9 Å². The van der Waals surface area contributed by atoms with Gasteiger partial charge in [0.25, 0.3) is 0 Å². The number of hydrogen-bond donors (Lipinski definition) is 1. The molecule has 2 atom stereocenters. The summed E-state index contributed by atoms with van der Waals surface area (Å²) in [5.74, 6) is -1.63. The number of carbonyl (C=O) groups excluding carboxylic acids is 2.